The van der Waals surface area contributed by atoms with Crippen molar-refractivity contribution in [2.24, 2.45) is 0 Å². The smallest absolute Gasteiger partial charge is 0.183 e. The van der Waals surface area contributed by atoms with Crippen molar-refractivity contribution in [3.8, 4) is 0 Å². The highest BCUT2D eigenvalue weighted by molar-refractivity contribution is 4.81. The normalized spacial score (nSPS) is 35.6. The zero-order valence-electron chi connectivity index (χ0n) is 8.78. The number of rotatable bonds is 2. The molecule has 6 heteroatoms. The summed E-state index contributed by atoms with van der Waals surface area (Å²) >= 11 is 0. The van der Waals surface area contributed by atoms with Crippen LogP contribution in [0.2, 0.25) is 0 Å². The Morgan fingerprint density at radius 1 is 1.13 bits per heavy atom. The van der Waals surface area contributed by atoms with Gasteiger partial charge in [-0.15, -0.1) is 0 Å². The summed E-state index contributed by atoms with van der Waals surface area (Å²) in [7, 11) is 0. The molecule has 0 aliphatic carbocycles. The third kappa shape index (κ3) is 5.41. The molecule has 0 aromatic rings. The minimum Gasteiger partial charge on any atom is -0.396 e. The van der Waals surface area contributed by atoms with Crippen LogP contribution in [0.4, 0.5) is 0 Å². The number of hydrogen-bond acceptors (Lipinski definition) is 6. The van der Waals surface area contributed by atoms with Crippen molar-refractivity contribution in [3.63, 3.8) is 0 Å². The van der Waals surface area contributed by atoms with Gasteiger partial charge in [0.05, 0.1) is 6.61 Å². The lowest BCUT2D eigenvalue weighted by atomic mass is 10.1. The molecule has 0 aromatic heterocycles. The Balaban J connectivity index is 0.000000336. The van der Waals surface area contributed by atoms with Crippen molar-refractivity contribution in [3.05, 3.63) is 0 Å². The summed E-state index contributed by atoms with van der Waals surface area (Å²) in [4.78, 5) is 0. The second-order valence-electron chi connectivity index (χ2n) is 3.35. The van der Waals surface area contributed by atoms with Crippen molar-refractivity contribution in [2.75, 3.05) is 13.2 Å². The third-order valence-corrected chi connectivity index (χ3v) is 1.99. The molecule has 0 radical (unpaired) electrons. The Hall–Kier alpha value is -0.240. The van der Waals surface area contributed by atoms with Crippen LogP contribution in [0.5, 0.6) is 0 Å². The highest BCUT2D eigenvalue weighted by Crippen LogP contribution is 2.12. The first-order chi connectivity index (χ1) is 7.04. The Kier molecular flexibility index (Phi) is 7.85. The SMILES string of the molecule is CCCCO.OC1OC[C@@H](O)[C@H](O)[C@H]1O. The van der Waals surface area contributed by atoms with Crippen LogP contribution >= 0.6 is 0 Å². The van der Waals surface area contributed by atoms with E-state index in [-0.39, 0.29) is 6.61 Å². The van der Waals surface area contributed by atoms with E-state index in [0.717, 1.165) is 12.8 Å². The quantitative estimate of drug-likeness (QED) is 0.378. The number of unbranched alkanes of at least 4 members (excludes halogenated alkanes) is 1. The predicted octanol–water partition coefficient (Wildman–Crippen LogP) is -1.80. The van der Waals surface area contributed by atoms with Gasteiger partial charge in [-0.3, -0.25) is 0 Å². The number of aliphatic hydroxyl groups is 5. The largest absolute Gasteiger partial charge is 0.396 e. The van der Waals surface area contributed by atoms with E-state index < -0.39 is 24.6 Å². The fourth-order valence-corrected chi connectivity index (χ4v) is 0.949. The lowest BCUT2D eigenvalue weighted by Gasteiger charge is -2.31. The number of aliphatic hydroxyl groups excluding tert-OH is 5. The molecule has 6 nitrogen and oxygen atoms in total. The summed E-state index contributed by atoms with van der Waals surface area (Å²) < 4.78 is 4.47. The van der Waals surface area contributed by atoms with E-state index >= 15 is 0 Å². The molecule has 1 aliphatic rings. The van der Waals surface area contributed by atoms with E-state index in [1.807, 2.05) is 0 Å². The van der Waals surface area contributed by atoms with E-state index in [9.17, 15) is 0 Å². The summed E-state index contributed by atoms with van der Waals surface area (Å²) in [5, 5.41) is 43.3. The van der Waals surface area contributed by atoms with Gasteiger partial charge in [0.2, 0.25) is 0 Å². The second-order valence-corrected chi connectivity index (χ2v) is 3.35. The fourth-order valence-electron chi connectivity index (χ4n) is 0.949. The maximum atomic E-state index is 8.88. The molecule has 0 amide bonds. The molecule has 15 heavy (non-hydrogen) atoms. The minimum atomic E-state index is -1.41. The zero-order chi connectivity index (χ0) is 11.8. The van der Waals surface area contributed by atoms with E-state index in [1.54, 1.807) is 0 Å². The Morgan fingerprint density at radius 3 is 2.07 bits per heavy atom. The molecule has 1 saturated heterocycles. The highest BCUT2D eigenvalue weighted by atomic mass is 16.6. The molecule has 0 spiro atoms. The Bertz CT molecular complexity index is 138. The van der Waals surface area contributed by atoms with Gasteiger partial charge < -0.3 is 30.3 Å². The van der Waals surface area contributed by atoms with E-state index in [0.29, 0.717) is 6.61 Å². The van der Waals surface area contributed by atoms with Gasteiger partial charge in [0.1, 0.15) is 18.3 Å². The van der Waals surface area contributed by atoms with Gasteiger partial charge in [-0.1, -0.05) is 13.3 Å². The van der Waals surface area contributed by atoms with Gasteiger partial charge in [-0.2, -0.15) is 0 Å². The molecule has 1 unspecified atom stereocenters. The summed E-state index contributed by atoms with van der Waals surface area (Å²) in [6.45, 7) is 2.24. The van der Waals surface area contributed by atoms with Gasteiger partial charge in [-0.25, -0.2) is 0 Å². The lowest BCUT2D eigenvalue weighted by molar-refractivity contribution is -0.252. The van der Waals surface area contributed by atoms with Crippen molar-refractivity contribution >= 4 is 0 Å². The first-order valence-corrected chi connectivity index (χ1v) is 4.99. The topological polar surface area (TPSA) is 110 Å². The van der Waals surface area contributed by atoms with Gasteiger partial charge in [-0.05, 0) is 6.42 Å². The van der Waals surface area contributed by atoms with Crippen molar-refractivity contribution in [1.82, 2.24) is 0 Å². The fraction of sp³-hybridized carbons (Fsp3) is 1.00. The molecule has 0 bridgehead atoms. The van der Waals surface area contributed by atoms with Crippen LogP contribution in [0.3, 0.4) is 0 Å². The molecule has 1 heterocycles. The van der Waals surface area contributed by atoms with Crippen LogP contribution in [0.1, 0.15) is 19.8 Å². The number of hydrogen-bond donors (Lipinski definition) is 5. The molecule has 0 aromatic carbocycles. The first-order valence-electron chi connectivity index (χ1n) is 4.99. The van der Waals surface area contributed by atoms with Gasteiger partial charge in [0, 0.05) is 6.61 Å². The molecule has 1 rings (SSSR count). The average Bonchev–Trinajstić information content (AvgIpc) is 2.23. The summed E-state index contributed by atoms with van der Waals surface area (Å²) in [6, 6.07) is 0. The third-order valence-electron chi connectivity index (χ3n) is 1.99. The van der Waals surface area contributed by atoms with Crippen LogP contribution in [0, 0.1) is 0 Å². The van der Waals surface area contributed by atoms with Crippen molar-refractivity contribution < 1.29 is 30.3 Å². The summed E-state index contributed by atoms with van der Waals surface area (Å²) in [5.41, 5.74) is 0. The Labute approximate surface area is 88.7 Å². The van der Waals surface area contributed by atoms with Crippen molar-refractivity contribution in [2.45, 2.75) is 44.4 Å². The molecular formula is C9H20O6. The van der Waals surface area contributed by atoms with E-state index in [2.05, 4.69) is 11.7 Å². The van der Waals surface area contributed by atoms with Crippen LogP contribution in [0.15, 0.2) is 0 Å². The van der Waals surface area contributed by atoms with E-state index in [1.165, 1.54) is 0 Å². The van der Waals surface area contributed by atoms with Crippen LogP contribution < -0.4 is 0 Å². The molecule has 1 fully saturated rings. The van der Waals surface area contributed by atoms with E-state index in [4.69, 9.17) is 25.5 Å². The molecule has 92 valence electrons. The van der Waals surface area contributed by atoms with Crippen LogP contribution in [0.25, 0.3) is 0 Å². The second kappa shape index (κ2) is 7.98. The highest BCUT2D eigenvalue weighted by Gasteiger charge is 2.36. The van der Waals surface area contributed by atoms with Crippen LogP contribution in [-0.2, 0) is 4.74 Å². The van der Waals surface area contributed by atoms with Crippen molar-refractivity contribution in [1.29, 1.82) is 0 Å². The zero-order valence-corrected chi connectivity index (χ0v) is 8.78. The van der Waals surface area contributed by atoms with Gasteiger partial charge in [0.25, 0.3) is 0 Å². The maximum absolute atomic E-state index is 8.88. The van der Waals surface area contributed by atoms with Gasteiger partial charge >= 0.3 is 0 Å². The standard InChI is InChI=1S/C5H10O5.C4H10O/c6-2-1-10-5(9)4(8)3(2)7;1-2-3-4-5/h2-9H,1H2;5H,2-4H2,1H3/t2-,3+,4-,5?;/m1./s1. The number of ether oxygens (including phenoxy) is 1. The maximum Gasteiger partial charge on any atom is 0.183 e. The minimum absolute atomic E-state index is 0.153. The summed E-state index contributed by atoms with van der Waals surface area (Å²) in [5.74, 6) is 0. The van der Waals surface area contributed by atoms with Crippen LogP contribution in [-0.4, -0.2) is 63.3 Å². The molecule has 4 atom stereocenters. The molecule has 0 saturated carbocycles. The molecular weight excluding hydrogens is 204 g/mol. The van der Waals surface area contributed by atoms with Gasteiger partial charge in [0.15, 0.2) is 6.29 Å². The molecule has 1 aliphatic heterocycles. The summed E-state index contributed by atoms with van der Waals surface area (Å²) in [6.07, 6.45) is -3.19. The predicted molar refractivity (Wildman–Crippen MR) is 52.0 cm³/mol. The Morgan fingerprint density at radius 2 is 1.73 bits per heavy atom. The first kappa shape index (κ1) is 14.8. The average molecular weight is 224 g/mol. The molecule has 5 N–H and O–H groups in total. The monoisotopic (exact) mass is 224 g/mol. The lowest BCUT2D eigenvalue weighted by Crippen LogP contribution is -2.52.